The molecule has 190 valence electrons. The number of carboxylic acid groups (broad SMARTS) is 1. The van der Waals surface area contributed by atoms with Gasteiger partial charge in [-0.15, -0.1) is 0 Å². The van der Waals surface area contributed by atoms with Gasteiger partial charge < -0.3 is 10.4 Å². The fourth-order valence-corrected chi connectivity index (χ4v) is 5.13. The first kappa shape index (κ1) is 26.4. The van der Waals surface area contributed by atoms with Gasteiger partial charge in [-0.1, -0.05) is 91.2 Å². The van der Waals surface area contributed by atoms with E-state index in [-0.39, 0.29) is 30.7 Å². The first-order valence-electron chi connectivity index (χ1n) is 12.7. The molecule has 0 saturated heterocycles. The van der Waals surface area contributed by atoms with Gasteiger partial charge in [0.05, 0.1) is 6.42 Å². The van der Waals surface area contributed by atoms with Crippen LogP contribution in [0.1, 0.15) is 70.6 Å². The highest BCUT2D eigenvalue weighted by Gasteiger charge is 2.26. The van der Waals surface area contributed by atoms with Crippen LogP contribution in [0.25, 0.3) is 10.8 Å². The largest absolute Gasteiger partial charge is 0.481 e. The van der Waals surface area contributed by atoms with Gasteiger partial charge >= 0.3 is 5.97 Å². The molecule has 0 aliphatic rings. The molecule has 0 aromatic heterocycles. The molecule has 4 aromatic rings. The standard InChI is InChI=1S/C32H32ClNO3/c1-3-4-29(22-7-9-24(10-8-22)32(37)34-18-17-30(35)36)31(23-13-15-28(33)16-14-23)27-12-11-25-19-21(2)5-6-26(25)20-27/h5-16,19-20,29,31H,3-4,17-18H2,1-2H3,(H,34,37)(H,35,36)/t29-,31?/m1/s1. The smallest absolute Gasteiger partial charge is 0.305 e. The Morgan fingerprint density at radius 1 is 0.838 bits per heavy atom. The minimum atomic E-state index is -0.935. The lowest BCUT2D eigenvalue weighted by atomic mass is 9.74. The quantitative estimate of drug-likeness (QED) is 0.228. The lowest BCUT2D eigenvalue weighted by Crippen LogP contribution is -2.26. The summed E-state index contributed by atoms with van der Waals surface area (Å²) >= 11 is 6.24. The zero-order chi connectivity index (χ0) is 26.4. The second-order valence-corrected chi connectivity index (χ2v) is 9.99. The molecular weight excluding hydrogens is 482 g/mol. The first-order chi connectivity index (χ1) is 17.9. The Morgan fingerprint density at radius 2 is 1.46 bits per heavy atom. The highest BCUT2D eigenvalue weighted by molar-refractivity contribution is 6.30. The van der Waals surface area contributed by atoms with Gasteiger partial charge in [0.25, 0.3) is 5.91 Å². The molecule has 4 rings (SSSR count). The second-order valence-electron chi connectivity index (χ2n) is 9.56. The van der Waals surface area contributed by atoms with Gasteiger partial charge in [-0.3, -0.25) is 9.59 Å². The van der Waals surface area contributed by atoms with E-state index in [1.54, 1.807) is 0 Å². The Bertz CT molecular complexity index is 1380. The minimum absolute atomic E-state index is 0.101. The van der Waals surface area contributed by atoms with Gasteiger partial charge in [0.15, 0.2) is 0 Å². The molecule has 2 atom stereocenters. The van der Waals surface area contributed by atoms with E-state index in [1.807, 2.05) is 36.4 Å². The van der Waals surface area contributed by atoms with Crippen LogP contribution in [-0.4, -0.2) is 23.5 Å². The fourth-order valence-electron chi connectivity index (χ4n) is 5.01. The summed E-state index contributed by atoms with van der Waals surface area (Å²) in [5.41, 5.74) is 5.37. The van der Waals surface area contributed by atoms with Crippen molar-refractivity contribution in [1.29, 1.82) is 0 Å². The minimum Gasteiger partial charge on any atom is -0.481 e. The molecule has 5 heteroatoms. The van der Waals surface area contributed by atoms with E-state index in [0.717, 1.165) is 18.4 Å². The molecule has 0 aliphatic heterocycles. The molecule has 0 bridgehead atoms. The van der Waals surface area contributed by atoms with Crippen LogP contribution >= 0.6 is 11.6 Å². The number of carbonyl (C=O) groups is 2. The molecule has 0 saturated carbocycles. The van der Waals surface area contributed by atoms with Gasteiger partial charge in [-0.05, 0) is 71.0 Å². The zero-order valence-electron chi connectivity index (χ0n) is 21.2. The van der Waals surface area contributed by atoms with Crippen LogP contribution in [0, 0.1) is 6.92 Å². The maximum Gasteiger partial charge on any atom is 0.305 e. The van der Waals surface area contributed by atoms with Gasteiger partial charge in [0, 0.05) is 23.0 Å². The number of amides is 1. The number of aliphatic carboxylic acids is 1. The number of hydrogen-bond donors (Lipinski definition) is 2. The molecule has 1 amide bonds. The number of aryl methyl sites for hydroxylation is 1. The summed E-state index contributed by atoms with van der Waals surface area (Å²) < 4.78 is 0. The number of fused-ring (bicyclic) bond motifs is 1. The van der Waals surface area contributed by atoms with Crippen LogP contribution in [0.2, 0.25) is 5.02 Å². The third kappa shape index (κ3) is 6.58. The zero-order valence-corrected chi connectivity index (χ0v) is 22.0. The maximum atomic E-state index is 12.5. The van der Waals surface area contributed by atoms with Gasteiger partial charge in [0.2, 0.25) is 0 Å². The number of rotatable bonds is 10. The van der Waals surface area contributed by atoms with E-state index in [4.69, 9.17) is 16.7 Å². The van der Waals surface area contributed by atoms with E-state index in [0.29, 0.717) is 10.6 Å². The lowest BCUT2D eigenvalue weighted by molar-refractivity contribution is -0.136. The third-order valence-electron chi connectivity index (χ3n) is 6.84. The predicted octanol–water partition coefficient (Wildman–Crippen LogP) is 7.72. The molecule has 0 heterocycles. The number of carboxylic acids is 1. The number of carbonyl (C=O) groups excluding carboxylic acids is 1. The van der Waals surface area contributed by atoms with E-state index >= 15 is 0 Å². The van der Waals surface area contributed by atoms with E-state index in [1.165, 1.54) is 27.5 Å². The summed E-state index contributed by atoms with van der Waals surface area (Å²) in [7, 11) is 0. The Kier molecular flexibility index (Phi) is 8.62. The predicted molar refractivity (Wildman–Crippen MR) is 151 cm³/mol. The van der Waals surface area contributed by atoms with Crippen LogP contribution in [0.3, 0.4) is 0 Å². The van der Waals surface area contributed by atoms with E-state index in [9.17, 15) is 9.59 Å². The van der Waals surface area contributed by atoms with Crippen molar-refractivity contribution >= 4 is 34.2 Å². The highest BCUT2D eigenvalue weighted by Crippen LogP contribution is 2.42. The van der Waals surface area contributed by atoms with E-state index < -0.39 is 5.97 Å². The van der Waals surface area contributed by atoms with Crippen molar-refractivity contribution in [3.8, 4) is 0 Å². The number of hydrogen-bond acceptors (Lipinski definition) is 2. The molecule has 1 unspecified atom stereocenters. The highest BCUT2D eigenvalue weighted by atomic mass is 35.5. The molecular formula is C32H32ClNO3. The molecule has 0 radical (unpaired) electrons. The summed E-state index contributed by atoms with van der Waals surface area (Å²) in [6.45, 7) is 4.41. The van der Waals surface area contributed by atoms with Crippen molar-refractivity contribution in [3.63, 3.8) is 0 Å². The number of benzene rings is 4. The Balaban J connectivity index is 1.71. The van der Waals surface area contributed by atoms with Crippen molar-refractivity contribution in [1.82, 2.24) is 5.32 Å². The maximum absolute atomic E-state index is 12.5. The molecule has 37 heavy (non-hydrogen) atoms. The summed E-state index contributed by atoms with van der Waals surface area (Å²) in [4.78, 5) is 23.2. The van der Waals surface area contributed by atoms with Crippen molar-refractivity contribution in [2.75, 3.05) is 6.54 Å². The normalized spacial score (nSPS) is 12.7. The summed E-state index contributed by atoms with van der Waals surface area (Å²) in [6, 6.07) is 29.1. The van der Waals surface area contributed by atoms with Crippen molar-refractivity contribution in [2.24, 2.45) is 0 Å². The van der Waals surface area contributed by atoms with E-state index in [2.05, 4.69) is 67.7 Å². The van der Waals surface area contributed by atoms with Crippen molar-refractivity contribution < 1.29 is 14.7 Å². The molecule has 0 fully saturated rings. The van der Waals surface area contributed by atoms with Crippen molar-refractivity contribution in [2.45, 2.75) is 44.9 Å². The molecule has 4 aromatic carbocycles. The molecule has 0 aliphatic carbocycles. The number of nitrogens with one attached hydrogen (secondary N) is 1. The average Bonchev–Trinajstić information content (AvgIpc) is 2.89. The lowest BCUT2D eigenvalue weighted by Gasteiger charge is -2.29. The second kappa shape index (κ2) is 12.1. The SMILES string of the molecule is CCC[C@H](c1ccc(C(=O)NCCC(=O)O)cc1)C(c1ccc(Cl)cc1)c1ccc2cc(C)ccc2c1. The topological polar surface area (TPSA) is 66.4 Å². The average molecular weight is 514 g/mol. The third-order valence-corrected chi connectivity index (χ3v) is 7.09. The van der Waals surface area contributed by atoms with Crippen LogP contribution < -0.4 is 5.32 Å². The first-order valence-corrected chi connectivity index (χ1v) is 13.1. The molecule has 0 spiro atoms. The fraction of sp³-hybridized carbons (Fsp3) is 0.250. The summed E-state index contributed by atoms with van der Waals surface area (Å²) in [5, 5.41) is 14.6. The van der Waals surface area contributed by atoms with Gasteiger partial charge in [0.1, 0.15) is 0 Å². The van der Waals surface area contributed by atoms with Gasteiger partial charge in [-0.25, -0.2) is 0 Å². The van der Waals surface area contributed by atoms with Crippen LogP contribution in [0.5, 0.6) is 0 Å². The Labute approximate surface area is 223 Å². The number of halogens is 1. The van der Waals surface area contributed by atoms with Crippen LogP contribution in [0.4, 0.5) is 0 Å². The summed E-state index contributed by atoms with van der Waals surface area (Å²) in [5.74, 6) is -0.898. The van der Waals surface area contributed by atoms with Gasteiger partial charge in [-0.2, -0.15) is 0 Å². The molecule has 2 N–H and O–H groups in total. The molecule has 4 nitrogen and oxygen atoms in total. The Hall–Kier alpha value is -3.63. The van der Waals surface area contributed by atoms with Crippen LogP contribution in [-0.2, 0) is 4.79 Å². The monoisotopic (exact) mass is 513 g/mol. The van der Waals surface area contributed by atoms with Crippen LogP contribution in [0.15, 0.2) is 84.9 Å². The summed E-state index contributed by atoms with van der Waals surface area (Å²) in [6.07, 6.45) is 1.89. The van der Waals surface area contributed by atoms with Crippen molar-refractivity contribution in [3.05, 3.63) is 118 Å². The Morgan fingerprint density at radius 3 is 2.14 bits per heavy atom.